The van der Waals surface area contributed by atoms with E-state index >= 15 is 0 Å². The highest BCUT2D eigenvalue weighted by Gasteiger charge is 2.22. The van der Waals surface area contributed by atoms with E-state index in [0.717, 1.165) is 13.0 Å². The van der Waals surface area contributed by atoms with Gasteiger partial charge in [-0.1, -0.05) is 16.3 Å². The fraction of sp³-hybridized carbons (Fsp3) is 0.714. The van der Waals surface area contributed by atoms with Crippen LogP contribution in [0.1, 0.15) is 57.7 Å². The van der Waals surface area contributed by atoms with Crippen LogP contribution in [0.4, 0.5) is 0 Å². The fourth-order valence-electron chi connectivity index (χ4n) is 2.46. The smallest absolute Gasteiger partial charge is 0.307 e. The molecule has 1 aromatic rings. The van der Waals surface area contributed by atoms with Gasteiger partial charge < -0.3 is 5.32 Å². The number of hydrogen-bond acceptors (Lipinski definition) is 3. The topological polar surface area (TPSA) is 61.9 Å². The molecule has 2 rings (SSSR count). The molecule has 0 unspecified atom stereocenters. The molecule has 0 radical (unpaired) electrons. The number of nitrogens with zero attached hydrogens (tertiary/aromatic N) is 1. The van der Waals surface area contributed by atoms with Gasteiger partial charge >= 0.3 is 11.3 Å². The molecular weight excluding hydrogens is 242 g/mol. The first-order valence-corrected chi connectivity index (χ1v) is 7.19. The van der Waals surface area contributed by atoms with Gasteiger partial charge in [-0.05, 0) is 57.8 Å². The van der Waals surface area contributed by atoms with Crippen molar-refractivity contribution in [1.82, 2.24) is 10.6 Å². The summed E-state index contributed by atoms with van der Waals surface area (Å²) in [6.45, 7) is 5.50. The average molecular weight is 266 g/mol. The van der Waals surface area contributed by atoms with Crippen LogP contribution in [0.3, 0.4) is 0 Å². The highest BCUT2D eigenvalue weighted by atomic mass is 16.5. The standard InChI is InChI=1S/C14H23N3O2/c1-11(2)17-13(14(18)19-16-17)10-15-9-8-12-6-4-3-5-7-12/h6,11,15H,3-5,7-10H2,1-2H3/p+1. The van der Waals surface area contributed by atoms with Crippen LogP contribution in [0, 0.1) is 0 Å². The van der Waals surface area contributed by atoms with Gasteiger partial charge in [-0.2, -0.15) is 0 Å². The highest BCUT2D eigenvalue weighted by molar-refractivity contribution is 5.05. The van der Waals surface area contributed by atoms with E-state index < -0.39 is 0 Å². The summed E-state index contributed by atoms with van der Waals surface area (Å²) in [5.74, 6) is 0. The molecule has 0 spiro atoms. The van der Waals surface area contributed by atoms with Crippen molar-refractivity contribution in [3.8, 4) is 0 Å². The molecule has 0 fully saturated rings. The van der Waals surface area contributed by atoms with E-state index in [1.54, 1.807) is 10.3 Å². The molecule has 1 aliphatic rings. The molecule has 5 nitrogen and oxygen atoms in total. The lowest BCUT2D eigenvalue weighted by atomic mass is 9.97. The molecule has 2 N–H and O–H groups in total. The molecule has 106 valence electrons. The van der Waals surface area contributed by atoms with Gasteiger partial charge in [-0.25, -0.2) is 4.79 Å². The Hall–Kier alpha value is -1.36. The molecule has 0 atom stereocenters. The molecule has 1 heterocycles. The number of allylic oxidation sites excluding steroid dienone is 1. The molecule has 0 aromatic carbocycles. The van der Waals surface area contributed by atoms with Gasteiger partial charge in [0.2, 0.25) is 0 Å². The second-order valence-corrected chi connectivity index (χ2v) is 5.43. The van der Waals surface area contributed by atoms with Crippen molar-refractivity contribution in [2.45, 2.75) is 58.5 Å². The number of aromatic nitrogens is 2. The Kier molecular flexibility index (Phi) is 4.96. The number of aromatic amines is 1. The average Bonchev–Trinajstić information content (AvgIpc) is 2.77. The Bertz CT molecular complexity index is 485. The Morgan fingerprint density at radius 2 is 2.32 bits per heavy atom. The van der Waals surface area contributed by atoms with Crippen molar-refractivity contribution in [3.05, 3.63) is 27.8 Å². The van der Waals surface area contributed by atoms with Crippen molar-refractivity contribution in [2.24, 2.45) is 0 Å². The van der Waals surface area contributed by atoms with Gasteiger partial charge in [0.1, 0.15) is 0 Å². The summed E-state index contributed by atoms with van der Waals surface area (Å²) in [5, 5.41) is 5.97. The van der Waals surface area contributed by atoms with Crippen LogP contribution in [0.25, 0.3) is 0 Å². The molecular formula is C14H24N3O2+. The first kappa shape index (κ1) is 14.1. The Balaban J connectivity index is 1.81. The van der Waals surface area contributed by atoms with E-state index in [-0.39, 0.29) is 11.7 Å². The minimum Gasteiger partial charge on any atom is -0.307 e. The van der Waals surface area contributed by atoms with Crippen LogP contribution < -0.4 is 15.6 Å². The highest BCUT2D eigenvalue weighted by Crippen LogP contribution is 2.19. The van der Waals surface area contributed by atoms with Gasteiger partial charge in [0, 0.05) is 0 Å². The third-order valence-corrected chi connectivity index (χ3v) is 3.58. The minimum atomic E-state index is -0.280. The molecule has 1 aliphatic carbocycles. The monoisotopic (exact) mass is 266 g/mol. The summed E-state index contributed by atoms with van der Waals surface area (Å²) in [5.41, 5.74) is 1.93. The lowest BCUT2D eigenvalue weighted by Gasteiger charge is -2.12. The van der Waals surface area contributed by atoms with E-state index in [4.69, 9.17) is 4.52 Å². The van der Waals surface area contributed by atoms with Gasteiger partial charge in [-0.15, -0.1) is 0 Å². The summed E-state index contributed by atoms with van der Waals surface area (Å²) in [6.07, 6.45) is 8.56. The zero-order valence-corrected chi connectivity index (χ0v) is 11.9. The molecule has 19 heavy (non-hydrogen) atoms. The van der Waals surface area contributed by atoms with Gasteiger partial charge in [0.05, 0.1) is 6.54 Å². The van der Waals surface area contributed by atoms with Crippen LogP contribution in [-0.4, -0.2) is 11.8 Å². The summed E-state index contributed by atoms with van der Waals surface area (Å²) in [6, 6.07) is 0.198. The van der Waals surface area contributed by atoms with Crippen LogP contribution in [-0.2, 0) is 6.54 Å². The predicted molar refractivity (Wildman–Crippen MR) is 72.8 cm³/mol. The van der Waals surface area contributed by atoms with E-state index in [9.17, 15) is 4.79 Å². The SMILES string of the molecule is CC(C)[n+]1[nH]oc(=O)c1CNCCC1=CCCCC1. The number of hydrogen-bond donors (Lipinski definition) is 2. The van der Waals surface area contributed by atoms with Crippen molar-refractivity contribution in [3.63, 3.8) is 0 Å². The number of nitrogens with one attached hydrogen (secondary N) is 2. The van der Waals surface area contributed by atoms with Gasteiger partial charge in [-0.3, -0.25) is 4.52 Å². The third kappa shape index (κ3) is 3.80. The lowest BCUT2D eigenvalue weighted by Crippen LogP contribution is -2.45. The maximum Gasteiger partial charge on any atom is 0.431 e. The van der Waals surface area contributed by atoms with Crippen molar-refractivity contribution >= 4 is 0 Å². The third-order valence-electron chi connectivity index (χ3n) is 3.58. The minimum absolute atomic E-state index is 0.198. The first-order chi connectivity index (χ1) is 9.18. The second-order valence-electron chi connectivity index (χ2n) is 5.43. The maximum atomic E-state index is 11.6. The lowest BCUT2D eigenvalue weighted by molar-refractivity contribution is -0.785. The Labute approximate surface area is 113 Å². The number of H-pyrrole nitrogens is 1. The second kappa shape index (κ2) is 6.70. The van der Waals surface area contributed by atoms with Crippen molar-refractivity contribution in [2.75, 3.05) is 6.54 Å². The molecule has 0 bridgehead atoms. The zero-order chi connectivity index (χ0) is 13.7. The van der Waals surface area contributed by atoms with Crippen LogP contribution in [0.2, 0.25) is 0 Å². The summed E-state index contributed by atoms with van der Waals surface area (Å²) >= 11 is 0. The first-order valence-electron chi connectivity index (χ1n) is 7.19. The zero-order valence-electron chi connectivity index (χ0n) is 11.9. The molecule has 0 aliphatic heterocycles. The molecule has 0 amide bonds. The van der Waals surface area contributed by atoms with E-state index in [0.29, 0.717) is 12.2 Å². The maximum absolute atomic E-state index is 11.6. The van der Waals surface area contributed by atoms with Gasteiger partial charge in [0.25, 0.3) is 0 Å². The Morgan fingerprint density at radius 3 is 3.00 bits per heavy atom. The normalized spacial score (nSPS) is 15.8. The summed E-state index contributed by atoms with van der Waals surface area (Å²) in [4.78, 5) is 11.6. The van der Waals surface area contributed by atoms with E-state index in [1.807, 2.05) is 13.8 Å². The van der Waals surface area contributed by atoms with Gasteiger partial charge in [0.15, 0.2) is 6.04 Å². The van der Waals surface area contributed by atoms with Crippen LogP contribution in [0.5, 0.6) is 0 Å². The fourth-order valence-corrected chi connectivity index (χ4v) is 2.46. The molecule has 5 heteroatoms. The predicted octanol–water partition coefficient (Wildman–Crippen LogP) is 1.82. The Morgan fingerprint density at radius 1 is 1.47 bits per heavy atom. The van der Waals surface area contributed by atoms with E-state index in [2.05, 4.69) is 16.7 Å². The van der Waals surface area contributed by atoms with Crippen LogP contribution >= 0.6 is 0 Å². The van der Waals surface area contributed by atoms with Crippen molar-refractivity contribution < 1.29 is 9.20 Å². The largest absolute Gasteiger partial charge is 0.431 e. The van der Waals surface area contributed by atoms with Crippen LogP contribution in [0.15, 0.2) is 21.0 Å². The quantitative estimate of drug-likeness (QED) is 0.469. The summed E-state index contributed by atoms with van der Waals surface area (Å²) < 4.78 is 6.61. The van der Waals surface area contributed by atoms with E-state index in [1.165, 1.54) is 25.7 Å². The molecule has 0 saturated heterocycles. The van der Waals surface area contributed by atoms with Crippen molar-refractivity contribution in [1.29, 1.82) is 0 Å². The number of rotatable bonds is 6. The molecule has 1 aromatic heterocycles. The molecule has 0 saturated carbocycles. The summed E-state index contributed by atoms with van der Waals surface area (Å²) in [7, 11) is 0.